The van der Waals surface area contributed by atoms with Gasteiger partial charge in [-0.25, -0.2) is 18.1 Å². The fraction of sp³-hybridized carbons (Fsp3) is 0.481. The van der Waals surface area contributed by atoms with Crippen LogP contribution < -0.4 is 14.9 Å². The van der Waals surface area contributed by atoms with E-state index in [1.807, 2.05) is 43.1 Å². The molecule has 1 aromatic heterocycles. The van der Waals surface area contributed by atoms with Crippen molar-refractivity contribution in [2.45, 2.75) is 49.9 Å². The highest BCUT2D eigenvalue weighted by Crippen LogP contribution is 2.37. The minimum Gasteiger partial charge on any atom is -0.359 e. The summed E-state index contributed by atoms with van der Waals surface area (Å²) < 4.78 is 106. The number of nitrogens with one attached hydrogen (secondary N) is 2. The van der Waals surface area contributed by atoms with Gasteiger partial charge in [0.15, 0.2) is 0 Å². The number of fused-ring (bicyclic) bond motifs is 1. The Hall–Kier alpha value is -3.13. The van der Waals surface area contributed by atoms with Crippen LogP contribution in [0.25, 0.3) is 10.9 Å². The Morgan fingerprint density at radius 1 is 0.878 bits per heavy atom. The molecule has 14 heteroatoms. The van der Waals surface area contributed by atoms with E-state index in [0.717, 1.165) is 36.1 Å². The Morgan fingerprint density at radius 2 is 1.44 bits per heavy atom. The first-order valence-corrected chi connectivity index (χ1v) is 14.7. The predicted octanol–water partition coefficient (Wildman–Crippen LogP) is 6.32. The summed E-state index contributed by atoms with van der Waals surface area (Å²) >= 11 is 0. The maximum atomic E-state index is 13.2. The van der Waals surface area contributed by atoms with Crippen molar-refractivity contribution in [3.8, 4) is 0 Å². The molecular formula is C27H31F6N5O2S. The van der Waals surface area contributed by atoms with Crippen molar-refractivity contribution in [3.05, 3.63) is 53.6 Å². The van der Waals surface area contributed by atoms with Crippen LogP contribution in [-0.2, 0) is 22.4 Å². The number of nitrogens with zero attached hydrogens (tertiary/aromatic N) is 3. The molecule has 3 aromatic rings. The van der Waals surface area contributed by atoms with E-state index in [1.54, 1.807) is 0 Å². The Balaban J connectivity index is 1.35. The number of hydrogen-bond donors (Lipinski definition) is 2. The summed E-state index contributed by atoms with van der Waals surface area (Å²) in [6, 6.07) is 8.08. The highest BCUT2D eigenvalue weighted by molar-refractivity contribution is 7.89. The number of sulfonamides is 1. The Morgan fingerprint density at radius 3 is 2.00 bits per heavy atom. The molecule has 224 valence electrons. The molecule has 0 atom stereocenters. The average molecular weight is 604 g/mol. The Bertz CT molecular complexity index is 1440. The van der Waals surface area contributed by atoms with Gasteiger partial charge in [0.05, 0.1) is 21.5 Å². The molecule has 0 unspecified atom stereocenters. The van der Waals surface area contributed by atoms with Crippen LogP contribution in [-0.4, -0.2) is 45.1 Å². The first-order valence-electron chi connectivity index (χ1n) is 13.2. The minimum absolute atomic E-state index is 0.0828. The van der Waals surface area contributed by atoms with Crippen molar-refractivity contribution in [1.82, 2.24) is 14.7 Å². The second-order valence-electron chi connectivity index (χ2n) is 10.3. The number of alkyl halides is 6. The van der Waals surface area contributed by atoms with E-state index < -0.39 is 38.4 Å². The summed E-state index contributed by atoms with van der Waals surface area (Å²) in [6.45, 7) is 3.32. The van der Waals surface area contributed by atoms with E-state index in [2.05, 4.69) is 20.0 Å². The average Bonchev–Trinajstić information content (AvgIpc) is 2.93. The molecule has 0 bridgehead atoms. The van der Waals surface area contributed by atoms with E-state index >= 15 is 0 Å². The summed E-state index contributed by atoms with van der Waals surface area (Å²) in [5.41, 5.74) is -2.53. The highest BCUT2D eigenvalue weighted by Gasteiger charge is 2.38. The number of aromatic nitrogens is 2. The highest BCUT2D eigenvalue weighted by atomic mass is 32.2. The van der Waals surface area contributed by atoms with Gasteiger partial charge in [-0.3, -0.25) is 0 Å². The second-order valence-corrected chi connectivity index (χ2v) is 12.0. The van der Waals surface area contributed by atoms with E-state index in [4.69, 9.17) is 0 Å². The monoisotopic (exact) mass is 603 g/mol. The van der Waals surface area contributed by atoms with Crippen molar-refractivity contribution in [3.63, 3.8) is 0 Å². The lowest BCUT2D eigenvalue weighted by Gasteiger charge is -2.29. The molecule has 41 heavy (non-hydrogen) atoms. The third-order valence-electron chi connectivity index (χ3n) is 7.37. The summed E-state index contributed by atoms with van der Waals surface area (Å²) in [4.78, 5) is 10.3. The van der Waals surface area contributed by atoms with Crippen LogP contribution in [0.1, 0.15) is 43.7 Å². The fourth-order valence-corrected chi connectivity index (χ4v) is 6.03. The molecule has 2 aromatic carbocycles. The van der Waals surface area contributed by atoms with Gasteiger partial charge in [-0.2, -0.15) is 31.3 Å². The zero-order valence-electron chi connectivity index (χ0n) is 22.5. The standard InChI is InChI=1S/C27H31F6N5O2S/c1-3-38(2)24-22-6-4-5-7-23(22)36-25(37-24)34-15-17-8-10-18(11-9-17)16-35-41(39,40)21-13-19(26(28,29)30)12-20(14-21)27(31,32)33/h4-7,12-14,17-18,35H,3,8-11,15-16H2,1-2H3,(H,34,36,37)/t17-,18-. The van der Waals surface area contributed by atoms with Gasteiger partial charge in [-0.15, -0.1) is 0 Å². The number of rotatable bonds is 9. The molecule has 1 fully saturated rings. The predicted molar refractivity (Wildman–Crippen MR) is 144 cm³/mol. The molecular weight excluding hydrogens is 572 g/mol. The van der Waals surface area contributed by atoms with Gasteiger partial charge in [-0.1, -0.05) is 12.1 Å². The zero-order chi connectivity index (χ0) is 30.0. The van der Waals surface area contributed by atoms with Gasteiger partial charge >= 0.3 is 12.4 Å². The van der Waals surface area contributed by atoms with Crippen molar-refractivity contribution >= 4 is 32.7 Å². The smallest absolute Gasteiger partial charge is 0.359 e. The molecule has 0 aliphatic heterocycles. The van der Waals surface area contributed by atoms with Gasteiger partial charge in [0.2, 0.25) is 16.0 Å². The van der Waals surface area contributed by atoms with Crippen LogP contribution in [0.2, 0.25) is 0 Å². The first kappa shape index (κ1) is 30.8. The lowest BCUT2D eigenvalue weighted by Crippen LogP contribution is -2.32. The van der Waals surface area contributed by atoms with E-state index in [1.165, 1.54) is 0 Å². The Kier molecular flexibility index (Phi) is 9.02. The van der Waals surface area contributed by atoms with Gasteiger partial charge < -0.3 is 10.2 Å². The lowest BCUT2D eigenvalue weighted by molar-refractivity contribution is -0.143. The van der Waals surface area contributed by atoms with Crippen molar-refractivity contribution in [2.24, 2.45) is 11.8 Å². The maximum Gasteiger partial charge on any atom is 0.416 e. The largest absolute Gasteiger partial charge is 0.416 e. The molecule has 1 aliphatic rings. The molecule has 0 amide bonds. The second kappa shape index (κ2) is 12.0. The topological polar surface area (TPSA) is 87.2 Å². The summed E-state index contributed by atoms with van der Waals surface area (Å²) in [5.74, 6) is 1.49. The first-order chi connectivity index (χ1) is 19.2. The minimum atomic E-state index is -5.14. The molecule has 0 spiro atoms. The third-order valence-corrected chi connectivity index (χ3v) is 8.77. The Labute approximate surface area is 234 Å². The fourth-order valence-electron chi connectivity index (χ4n) is 4.85. The van der Waals surface area contributed by atoms with Crippen LogP contribution in [0.5, 0.6) is 0 Å². The quantitative estimate of drug-likeness (QED) is 0.279. The van der Waals surface area contributed by atoms with E-state index in [-0.39, 0.29) is 36.6 Å². The van der Waals surface area contributed by atoms with Crippen LogP contribution in [0.3, 0.4) is 0 Å². The number of benzene rings is 2. The normalized spacial score (nSPS) is 18.4. The van der Waals surface area contributed by atoms with Gasteiger partial charge in [0.25, 0.3) is 0 Å². The van der Waals surface area contributed by atoms with Crippen molar-refractivity contribution in [2.75, 3.05) is 36.9 Å². The molecule has 1 aliphatic carbocycles. The number of halogens is 6. The SMILES string of the molecule is CCN(C)c1nc(NC[C@H]2CC[C@H](CNS(=O)(=O)c3cc(C(F)(F)F)cc(C(F)(F)F)c3)CC2)nc2ccccc12. The zero-order valence-corrected chi connectivity index (χ0v) is 23.3. The van der Waals surface area contributed by atoms with Crippen LogP contribution in [0.15, 0.2) is 47.4 Å². The van der Waals surface area contributed by atoms with Crippen molar-refractivity contribution in [1.29, 1.82) is 0 Å². The molecule has 7 nitrogen and oxygen atoms in total. The lowest BCUT2D eigenvalue weighted by atomic mass is 9.82. The third kappa shape index (κ3) is 7.59. The van der Waals surface area contributed by atoms with Crippen LogP contribution in [0.4, 0.5) is 38.1 Å². The van der Waals surface area contributed by atoms with Gasteiger partial charge in [0, 0.05) is 32.1 Å². The van der Waals surface area contributed by atoms with Crippen molar-refractivity contribution < 1.29 is 34.8 Å². The molecule has 0 saturated heterocycles. The summed E-state index contributed by atoms with van der Waals surface area (Å²) in [7, 11) is -2.64. The van der Waals surface area contributed by atoms with E-state index in [0.29, 0.717) is 25.3 Å². The molecule has 4 rings (SSSR count). The number of para-hydroxylation sites is 1. The summed E-state index contributed by atoms with van der Waals surface area (Å²) in [6.07, 6.45) is -7.46. The number of anilines is 2. The molecule has 1 saturated carbocycles. The molecule has 0 radical (unpaired) electrons. The van der Waals surface area contributed by atoms with Crippen LogP contribution >= 0.6 is 0 Å². The van der Waals surface area contributed by atoms with Crippen LogP contribution in [0, 0.1) is 11.8 Å². The molecule has 2 N–H and O–H groups in total. The summed E-state index contributed by atoms with van der Waals surface area (Å²) in [5, 5.41) is 4.26. The van der Waals surface area contributed by atoms with Gasteiger partial charge in [0.1, 0.15) is 5.82 Å². The molecule has 1 heterocycles. The maximum absolute atomic E-state index is 13.2. The number of hydrogen-bond acceptors (Lipinski definition) is 6. The van der Waals surface area contributed by atoms with Gasteiger partial charge in [-0.05, 0) is 74.8 Å². The van der Waals surface area contributed by atoms with E-state index in [9.17, 15) is 34.8 Å².